The molecular weight excluding hydrogens is 350 g/mol. The second-order valence-electron chi connectivity index (χ2n) is 5.96. The topological polar surface area (TPSA) is 97.8 Å². The van der Waals surface area contributed by atoms with E-state index in [1.54, 1.807) is 17.0 Å². The van der Waals surface area contributed by atoms with Gasteiger partial charge in [0.1, 0.15) is 0 Å². The lowest BCUT2D eigenvalue weighted by Crippen LogP contribution is -2.22. The summed E-state index contributed by atoms with van der Waals surface area (Å²) in [5, 5.41) is 5.54. The van der Waals surface area contributed by atoms with Crippen LogP contribution in [0.1, 0.15) is 11.4 Å². The van der Waals surface area contributed by atoms with E-state index in [-0.39, 0.29) is 0 Å². The average molecular weight is 375 g/mol. The summed E-state index contributed by atoms with van der Waals surface area (Å²) in [5.41, 5.74) is 2.39. The number of amides is 2. The molecule has 1 aromatic heterocycles. The first kappa shape index (κ1) is 20.1. The summed E-state index contributed by atoms with van der Waals surface area (Å²) < 4.78 is 15.9. The monoisotopic (exact) mass is 375 g/mol. The smallest absolute Gasteiger partial charge is 0.323 e. The second-order valence-corrected chi connectivity index (χ2v) is 5.96. The first-order chi connectivity index (χ1) is 12.8. The van der Waals surface area contributed by atoms with Crippen molar-refractivity contribution in [2.24, 2.45) is 0 Å². The van der Waals surface area contributed by atoms with Crippen LogP contribution in [0.15, 0.2) is 12.1 Å². The number of aryl methyl sites for hydroxylation is 2. The fourth-order valence-corrected chi connectivity index (χ4v) is 2.51. The largest absolute Gasteiger partial charge is 0.493 e. The molecule has 0 unspecified atom stereocenters. The van der Waals surface area contributed by atoms with Gasteiger partial charge >= 0.3 is 6.03 Å². The van der Waals surface area contributed by atoms with Crippen molar-refractivity contribution in [3.63, 3.8) is 0 Å². The van der Waals surface area contributed by atoms with Crippen LogP contribution < -0.4 is 29.7 Å². The molecule has 0 spiro atoms. The third-order valence-corrected chi connectivity index (χ3v) is 3.82. The maximum Gasteiger partial charge on any atom is 0.323 e. The first-order valence-electron chi connectivity index (χ1n) is 8.21. The number of benzene rings is 1. The summed E-state index contributed by atoms with van der Waals surface area (Å²) in [6, 6.07) is 2.86. The number of methoxy groups -OCH3 is 3. The lowest BCUT2D eigenvalue weighted by atomic mass is 10.2. The van der Waals surface area contributed by atoms with Gasteiger partial charge in [0.15, 0.2) is 11.5 Å². The lowest BCUT2D eigenvalue weighted by Gasteiger charge is -2.17. The third kappa shape index (κ3) is 4.49. The first-order valence-corrected chi connectivity index (χ1v) is 8.21. The van der Waals surface area contributed by atoms with Gasteiger partial charge in [0.2, 0.25) is 11.7 Å². The minimum Gasteiger partial charge on any atom is -0.493 e. The van der Waals surface area contributed by atoms with Crippen LogP contribution in [0.4, 0.5) is 22.1 Å². The lowest BCUT2D eigenvalue weighted by molar-refractivity contribution is 0.262. The molecular formula is C18H25N5O4. The van der Waals surface area contributed by atoms with Crippen molar-refractivity contribution in [1.29, 1.82) is 0 Å². The number of hydrogen-bond donors (Lipinski definition) is 2. The van der Waals surface area contributed by atoms with E-state index >= 15 is 0 Å². The maximum absolute atomic E-state index is 12.5. The number of nitrogens with zero attached hydrogens (tertiary/aromatic N) is 3. The van der Waals surface area contributed by atoms with E-state index in [9.17, 15) is 4.79 Å². The summed E-state index contributed by atoms with van der Waals surface area (Å²) in [7, 11) is 8.26. The number of urea groups is 1. The van der Waals surface area contributed by atoms with E-state index in [4.69, 9.17) is 14.2 Å². The highest BCUT2D eigenvalue weighted by Gasteiger charge is 2.16. The standard InChI is InChI=1S/C18H25N5O4/c1-10-15(11(2)20-17(19-10)23(3)4)22-18(24)21-12-8-13(25-5)16(27-7)14(9-12)26-6/h8-9H,1-7H3,(H2,21,22,24). The molecule has 1 heterocycles. The van der Waals surface area contributed by atoms with Crippen LogP contribution in [-0.4, -0.2) is 51.4 Å². The van der Waals surface area contributed by atoms with E-state index in [1.165, 1.54) is 21.3 Å². The number of rotatable bonds is 6. The molecule has 0 saturated heterocycles. The molecule has 0 fully saturated rings. The van der Waals surface area contributed by atoms with Crippen LogP contribution in [0.5, 0.6) is 17.2 Å². The molecule has 0 aliphatic rings. The molecule has 2 N–H and O–H groups in total. The SMILES string of the molecule is COc1cc(NC(=O)Nc2c(C)nc(N(C)C)nc2C)cc(OC)c1OC. The normalized spacial score (nSPS) is 10.2. The Bertz CT molecular complexity index is 790. The zero-order chi connectivity index (χ0) is 20.1. The van der Waals surface area contributed by atoms with Crippen LogP contribution in [0.25, 0.3) is 0 Å². The second kappa shape index (κ2) is 8.43. The predicted molar refractivity (Wildman–Crippen MR) is 105 cm³/mol. The van der Waals surface area contributed by atoms with Gasteiger partial charge in [-0.15, -0.1) is 0 Å². The highest BCUT2D eigenvalue weighted by Crippen LogP contribution is 2.39. The number of ether oxygens (including phenoxy) is 3. The molecule has 2 aromatic rings. The van der Waals surface area contributed by atoms with Gasteiger partial charge in [-0.05, 0) is 13.8 Å². The Hall–Kier alpha value is -3.23. The Labute approximate surface area is 158 Å². The molecule has 0 radical (unpaired) electrons. The molecule has 1 aromatic carbocycles. The van der Waals surface area contributed by atoms with Crippen LogP contribution >= 0.6 is 0 Å². The number of aromatic nitrogens is 2. The van der Waals surface area contributed by atoms with Crippen molar-refractivity contribution in [3.05, 3.63) is 23.5 Å². The van der Waals surface area contributed by atoms with E-state index in [1.807, 2.05) is 27.9 Å². The van der Waals surface area contributed by atoms with Crippen molar-refractivity contribution >= 4 is 23.4 Å². The Balaban J connectivity index is 2.24. The fourth-order valence-electron chi connectivity index (χ4n) is 2.51. The minimum atomic E-state index is -0.434. The molecule has 9 heteroatoms. The summed E-state index contributed by atoms with van der Waals surface area (Å²) >= 11 is 0. The van der Waals surface area contributed by atoms with E-state index in [0.29, 0.717) is 46.0 Å². The summed E-state index contributed by atoms with van der Waals surface area (Å²) in [6.45, 7) is 3.63. The highest BCUT2D eigenvalue weighted by atomic mass is 16.5. The van der Waals surface area contributed by atoms with Crippen molar-refractivity contribution in [3.8, 4) is 17.2 Å². The number of anilines is 3. The van der Waals surface area contributed by atoms with E-state index in [0.717, 1.165) is 0 Å². The maximum atomic E-state index is 12.5. The number of nitrogens with one attached hydrogen (secondary N) is 2. The van der Waals surface area contributed by atoms with Gasteiger partial charge in [0, 0.05) is 26.2 Å². The molecule has 2 rings (SSSR count). The Kier molecular flexibility index (Phi) is 6.27. The summed E-state index contributed by atoms with van der Waals surface area (Å²) in [4.78, 5) is 23.0. The average Bonchev–Trinajstić information content (AvgIpc) is 2.63. The van der Waals surface area contributed by atoms with E-state index < -0.39 is 6.03 Å². The van der Waals surface area contributed by atoms with Crippen LogP contribution in [-0.2, 0) is 0 Å². The van der Waals surface area contributed by atoms with Gasteiger partial charge in [-0.25, -0.2) is 14.8 Å². The van der Waals surface area contributed by atoms with Crippen molar-refractivity contribution < 1.29 is 19.0 Å². The Morgan fingerprint density at radius 3 is 1.85 bits per heavy atom. The van der Waals surface area contributed by atoms with Gasteiger partial charge < -0.3 is 29.7 Å². The highest BCUT2D eigenvalue weighted by molar-refractivity contribution is 6.00. The Morgan fingerprint density at radius 1 is 0.926 bits per heavy atom. The molecule has 0 saturated carbocycles. The summed E-state index contributed by atoms with van der Waals surface area (Å²) in [5.74, 6) is 1.92. The predicted octanol–water partition coefficient (Wildman–Crippen LogP) is 2.83. The van der Waals surface area contributed by atoms with Crippen molar-refractivity contribution in [2.75, 3.05) is 51.0 Å². The molecule has 27 heavy (non-hydrogen) atoms. The van der Waals surface area contributed by atoms with Gasteiger partial charge in [0.05, 0.1) is 44.1 Å². The van der Waals surface area contributed by atoms with Gasteiger partial charge in [-0.3, -0.25) is 0 Å². The minimum absolute atomic E-state index is 0.434. The van der Waals surface area contributed by atoms with Crippen LogP contribution in [0, 0.1) is 13.8 Å². The molecule has 0 atom stereocenters. The fraction of sp³-hybridized carbons (Fsp3) is 0.389. The summed E-state index contributed by atoms with van der Waals surface area (Å²) in [6.07, 6.45) is 0. The molecule has 9 nitrogen and oxygen atoms in total. The zero-order valence-electron chi connectivity index (χ0n) is 16.6. The van der Waals surface area contributed by atoms with Gasteiger partial charge in [0.25, 0.3) is 0 Å². The van der Waals surface area contributed by atoms with E-state index in [2.05, 4.69) is 20.6 Å². The Morgan fingerprint density at radius 2 is 1.44 bits per heavy atom. The zero-order valence-corrected chi connectivity index (χ0v) is 16.6. The van der Waals surface area contributed by atoms with Crippen molar-refractivity contribution in [1.82, 2.24) is 9.97 Å². The number of carbonyl (C=O) groups is 1. The molecule has 0 bridgehead atoms. The van der Waals surface area contributed by atoms with Gasteiger partial charge in [-0.2, -0.15) is 0 Å². The molecule has 0 aliphatic heterocycles. The molecule has 2 amide bonds. The molecule has 0 aliphatic carbocycles. The van der Waals surface area contributed by atoms with Crippen LogP contribution in [0.3, 0.4) is 0 Å². The van der Waals surface area contributed by atoms with Crippen molar-refractivity contribution in [2.45, 2.75) is 13.8 Å². The third-order valence-electron chi connectivity index (χ3n) is 3.82. The van der Waals surface area contributed by atoms with Crippen LogP contribution in [0.2, 0.25) is 0 Å². The quantitative estimate of drug-likeness (QED) is 0.801. The van der Waals surface area contributed by atoms with Gasteiger partial charge in [-0.1, -0.05) is 0 Å². The number of carbonyl (C=O) groups excluding carboxylic acids is 1. The molecule has 146 valence electrons. The number of hydrogen-bond acceptors (Lipinski definition) is 7.